The first-order chi connectivity index (χ1) is 21.6. The average Bonchev–Trinajstić information content (AvgIpc) is 3.79. The van der Waals surface area contributed by atoms with Gasteiger partial charge in [-0.2, -0.15) is 0 Å². The molecular weight excluding hydrogens is 570 g/mol. The summed E-state index contributed by atoms with van der Waals surface area (Å²) in [5.41, 5.74) is 4.52. The van der Waals surface area contributed by atoms with Crippen LogP contribution in [0.25, 0.3) is 22.2 Å². The predicted molar refractivity (Wildman–Crippen MR) is 179 cm³/mol. The largest absolute Gasteiger partial charge is 0.494 e. The molecule has 0 spiro atoms. The number of carbonyl (C=O) groups is 2. The second-order valence-electron chi connectivity index (χ2n) is 11.7. The van der Waals surface area contributed by atoms with Gasteiger partial charge in [0.05, 0.1) is 36.0 Å². The molecule has 236 valence electrons. The number of hydrogen-bond acceptors (Lipinski definition) is 9. The number of nitrogens with one attached hydrogen (secondary N) is 2. The number of methoxy groups -OCH3 is 1. The van der Waals surface area contributed by atoms with E-state index in [1.54, 1.807) is 13.2 Å². The summed E-state index contributed by atoms with van der Waals surface area (Å²) in [7, 11) is 7.55. The number of amides is 1. The first-order valence-electron chi connectivity index (χ1n) is 15.1. The van der Waals surface area contributed by atoms with Crippen LogP contribution in [0.2, 0.25) is 0 Å². The lowest BCUT2D eigenvalue weighted by molar-refractivity contribution is -0.111. The van der Waals surface area contributed by atoms with Crippen LogP contribution in [-0.4, -0.2) is 78.8 Å². The normalized spacial score (nSPS) is 12.8. The van der Waals surface area contributed by atoms with Crippen LogP contribution in [0.15, 0.2) is 61.4 Å². The molecule has 1 fully saturated rings. The van der Waals surface area contributed by atoms with Crippen molar-refractivity contribution in [2.45, 2.75) is 38.8 Å². The second kappa shape index (κ2) is 13.4. The van der Waals surface area contributed by atoms with E-state index in [9.17, 15) is 9.59 Å². The maximum absolute atomic E-state index is 13.3. The Labute approximate surface area is 263 Å². The SMILES string of the molecule is C=CC(=O)Nc1cc(Nc2ncc(C(=O)OC(C)C)c(-c3cn(C4CC4)c4ccccc34)n2)c(OC)cc1N(C)CCN(C)C. The molecule has 0 radical (unpaired) electrons. The number of ether oxygens (including phenoxy) is 2. The molecule has 0 saturated heterocycles. The number of aromatic nitrogens is 3. The summed E-state index contributed by atoms with van der Waals surface area (Å²) in [5, 5.41) is 7.17. The van der Waals surface area contributed by atoms with Crippen LogP contribution in [0.1, 0.15) is 43.1 Å². The van der Waals surface area contributed by atoms with E-state index >= 15 is 0 Å². The molecule has 2 N–H and O–H groups in total. The lowest BCUT2D eigenvalue weighted by Crippen LogP contribution is -2.29. The summed E-state index contributed by atoms with van der Waals surface area (Å²) < 4.78 is 13.6. The van der Waals surface area contributed by atoms with Gasteiger partial charge in [0.1, 0.15) is 11.3 Å². The van der Waals surface area contributed by atoms with Gasteiger partial charge in [-0.25, -0.2) is 14.8 Å². The number of hydrogen-bond donors (Lipinski definition) is 2. The first-order valence-corrected chi connectivity index (χ1v) is 15.1. The highest BCUT2D eigenvalue weighted by Gasteiger charge is 2.28. The third-order valence-corrected chi connectivity index (χ3v) is 7.59. The summed E-state index contributed by atoms with van der Waals surface area (Å²) in [6.07, 6.45) is 6.71. The third-order valence-electron chi connectivity index (χ3n) is 7.59. The molecule has 0 atom stereocenters. The average molecular weight is 612 g/mol. The fourth-order valence-electron chi connectivity index (χ4n) is 5.15. The molecule has 1 amide bonds. The summed E-state index contributed by atoms with van der Waals surface area (Å²) in [5.74, 6) is -0.0571. The van der Waals surface area contributed by atoms with Crippen molar-refractivity contribution in [3.05, 3.63) is 67.0 Å². The standard InChI is InChI=1S/C34H41N7O4/c1-8-31(42)36-26-17-27(30(44-7)18-29(26)40(6)16-15-39(4)5)37-34-35-19-24(33(43)45-21(2)3)32(38-34)25-20-41(22-13-14-22)28-12-10-9-11-23(25)28/h8-12,17-22H,1,13-16H2,2-7H3,(H,36,42)(H,35,37,38). The molecule has 1 saturated carbocycles. The van der Waals surface area contributed by atoms with Crippen LogP contribution in [0.5, 0.6) is 5.75 Å². The number of benzene rings is 2. The number of likely N-dealkylation sites (N-methyl/N-ethyl adjacent to an activating group) is 2. The van der Waals surface area contributed by atoms with E-state index in [2.05, 4.69) is 43.9 Å². The summed E-state index contributed by atoms with van der Waals surface area (Å²) in [6, 6.07) is 12.2. The van der Waals surface area contributed by atoms with Gasteiger partial charge in [0.25, 0.3) is 0 Å². The Morgan fingerprint density at radius 3 is 2.56 bits per heavy atom. The Morgan fingerprint density at radius 1 is 1.13 bits per heavy atom. The zero-order valence-electron chi connectivity index (χ0n) is 26.8. The summed E-state index contributed by atoms with van der Waals surface area (Å²) >= 11 is 0. The molecule has 2 aromatic carbocycles. The minimum atomic E-state index is -0.494. The number of esters is 1. The zero-order valence-corrected chi connectivity index (χ0v) is 26.8. The molecule has 4 aromatic rings. The van der Waals surface area contributed by atoms with E-state index in [0.717, 1.165) is 48.1 Å². The van der Waals surface area contributed by atoms with Crippen molar-refractivity contribution in [1.82, 2.24) is 19.4 Å². The molecule has 2 aromatic heterocycles. The molecule has 1 aliphatic carbocycles. The summed E-state index contributed by atoms with van der Waals surface area (Å²) in [6.45, 7) is 8.75. The lowest BCUT2D eigenvalue weighted by Gasteiger charge is -2.26. The number of nitrogens with zero attached hydrogens (tertiary/aromatic N) is 5. The number of para-hydroxylation sites is 1. The van der Waals surface area contributed by atoms with E-state index in [1.807, 2.05) is 64.2 Å². The fraction of sp³-hybridized carbons (Fsp3) is 0.353. The van der Waals surface area contributed by atoms with Gasteiger partial charge in [-0.15, -0.1) is 0 Å². The van der Waals surface area contributed by atoms with Gasteiger partial charge in [-0.1, -0.05) is 24.8 Å². The van der Waals surface area contributed by atoms with Crippen molar-refractivity contribution >= 4 is 45.8 Å². The monoisotopic (exact) mass is 611 g/mol. The fourth-order valence-corrected chi connectivity index (χ4v) is 5.15. The molecule has 0 unspecified atom stereocenters. The molecule has 11 nitrogen and oxygen atoms in total. The van der Waals surface area contributed by atoms with Crippen molar-refractivity contribution in [2.75, 3.05) is 56.9 Å². The predicted octanol–water partition coefficient (Wildman–Crippen LogP) is 5.87. The van der Waals surface area contributed by atoms with E-state index < -0.39 is 5.97 Å². The Balaban J connectivity index is 1.60. The van der Waals surface area contributed by atoms with Crippen LogP contribution >= 0.6 is 0 Å². The number of carbonyl (C=O) groups excluding carboxylic acids is 2. The van der Waals surface area contributed by atoms with Crippen molar-refractivity contribution in [1.29, 1.82) is 0 Å². The quantitative estimate of drug-likeness (QED) is 0.141. The highest BCUT2D eigenvalue weighted by atomic mass is 16.5. The lowest BCUT2D eigenvalue weighted by atomic mass is 10.1. The van der Waals surface area contributed by atoms with Crippen LogP contribution in [0.4, 0.5) is 23.0 Å². The van der Waals surface area contributed by atoms with Gasteiger partial charge in [0.2, 0.25) is 11.9 Å². The van der Waals surface area contributed by atoms with Crippen molar-refractivity contribution in [3.63, 3.8) is 0 Å². The van der Waals surface area contributed by atoms with Gasteiger partial charge in [0.15, 0.2) is 0 Å². The van der Waals surface area contributed by atoms with Crippen LogP contribution in [0, 0.1) is 0 Å². The number of anilines is 4. The van der Waals surface area contributed by atoms with Crippen LogP contribution in [0.3, 0.4) is 0 Å². The Morgan fingerprint density at radius 2 is 1.89 bits per heavy atom. The molecule has 5 rings (SSSR count). The topological polar surface area (TPSA) is 114 Å². The van der Waals surface area contributed by atoms with Crippen molar-refractivity contribution < 1.29 is 19.1 Å². The second-order valence-corrected chi connectivity index (χ2v) is 11.7. The Bertz CT molecular complexity index is 1730. The molecule has 1 aliphatic rings. The van der Waals surface area contributed by atoms with E-state index in [0.29, 0.717) is 28.9 Å². The number of fused-ring (bicyclic) bond motifs is 1. The van der Waals surface area contributed by atoms with Crippen molar-refractivity contribution in [3.8, 4) is 17.0 Å². The minimum absolute atomic E-state index is 0.252. The molecule has 0 aliphatic heterocycles. The van der Waals surface area contributed by atoms with Crippen LogP contribution < -0.4 is 20.3 Å². The Hall–Kier alpha value is -4.90. The number of rotatable bonds is 13. The third kappa shape index (κ3) is 7.09. The van der Waals surface area contributed by atoms with Gasteiger partial charge < -0.3 is 34.5 Å². The summed E-state index contributed by atoms with van der Waals surface area (Å²) in [4.78, 5) is 39.2. The van der Waals surface area contributed by atoms with E-state index in [-0.39, 0.29) is 23.5 Å². The highest BCUT2D eigenvalue weighted by molar-refractivity contribution is 6.04. The minimum Gasteiger partial charge on any atom is -0.494 e. The van der Waals surface area contributed by atoms with Gasteiger partial charge in [-0.05, 0) is 59.0 Å². The van der Waals surface area contributed by atoms with Gasteiger partial charge >= 0.3 is 5.97 Å². The van der Waals surface area contributed by atoms with E-state index in [4.69, 9.17) is 14.5 Å². The first kappa shape index (κ1) is 31.5. The molecule has 45 heavy (non-hydrogen) atoms. The van der Waals surface area contributed by atoms with Crippen LogP contribution in [-0.2, 0) is 9.53 Å². The van der Waals surface area contributed by atoms with E-state index in [1.165, 1.54) is 12.3 Å². The maximum Gasteiger partial charge on any atom is 0.342 e. The van der Waals surface area contributed by atoms with Gasteiger partial charge in [-0.3, -0.25) is 4.79 Å². The van der Waals surface area contributed by atoms with Crippen molar-refractivity contribution in [2.24, 2.45) is 0 Å². The molecule has 0 bridgehead atoms. The maximum atomic E-state index is 13.3. The van der Waals surface area contributed by atoms with Gasteiger partial charge in [0, 0.05) is 61.1 Å². The highest BCUT2D eigenvalue weighted by Crippen LogP contribution is 2.42. The zero-order chi connectivity index (χ0) is 32.2. The molecule has 2 heterocycles. The Kier molecular flexibility index (Phi) is 9.38. The molecular formula is C34H41N7O4. The smallest absolute Gasteiger partial charge is 0.342 e. The molecule has 11 heteroatoms.